The molecule has 9 heteroatoms. The number of nitro groups is 1. The lowest BCUT2D eigenvalue weighted by Gasteiger charge is -2.49. The Hall–Kier alpha value is -2.84. The molecule has 170 valence electrons. The van der Waals surface area contributed by atoms with Crippen LogP contribution in [0.3, 0.4) is 0 Å². The maximum Gasteiger partial charge on any atom is 0.269 e. The summed E-state index contributed by atoms with van der Waals surface area (Å²) in [5, 5.41) is 15.0. The molecule has 2 aliphatic heterocycles. The van der Waals surface area contributed by atoms with Gasteiger partial charge in [-0.25, -0.2) is 0 Å². The molecule has 2 aromatic rings. The number of piperazine rings is 1. The Kier molecular flexibility index (Phi) is 6.81. The monoisotopic (exact) mass is 458 g/mol. The van der Waals surface area contributed by atoms with Crippen LogP contribution in [-0.2, 0) is 16.0 Å². The summed E-state index contributed by atoms with van der Waals surface area (Å²) in [6, 6.07) is 12.6. The Morgan fingerprint density at radius 2 is 2.06 bits per heavy atom. The van der Waals surface area contributed by atoms with Crippen molar-refractivity contribution in [2.75, 3.05) is 49.7 Å². The number of nitrogens with one attached hydrogen (secondary N) is 1. The van der Waals surface area contributed by atoms with Crippen molar-refractivity contribution >= 4 is 34.6 Å². The quantitative estimate of drug-likeness (QED) is 0.389. The van der Waals surface area contributed by atoms with E-state index in [0.717, 1.165) is 29.9 Å². The van der Waals surface area contributed by atoms with Crippen molar-refractivity contribution in [3.8, 4) is 0 Å². The highest BCUT2D eigenvalue weighted by Crippen LogP contribution is 2.39. The fraction of sp³-hybridized carbons (Fsp3) is 0.435. The highest BCUT2D eigenvalue weighted by molar-refractivity contribution is 6.33. The number of para-hydroxylation sites is 1. The number of halogens is 1. The van der Waals surface area contributed by atoms with Crippen LogP contribution in [0.15, 0.2) is 42.5 Å². The zero-order valence-corrected chi connectivity index (χ0v) is 18.8. The molecule has 2 aliphatic rings. The van der Waals surface area contributed by atoms with E-state index in [9.17, 15) is 14.9 Å². The maximum absolute atomic E-state index is 13.2. The van der Waals surface area contributed by atoms with Crippen LogP contribution in [0.1, 0.15) is 12.0 Å². The fourth-order valence-corrected chi connectivity index (χ4v) is 4.96. The number of amides is 1. The SMILES string of the molecule is COCCCNC(=O)[C@H]1Cc2cc([N+](=O)[O-])ccc2N2CCN(c3ccccc3Cl)C[C@@H]12. The molecule has 1 saturated heterocycles. The van der Waals surface area contributed by atoms with Crippen molar-refractivity contribution in [2.45, 2.75) is 18.9 Å². The van der Waals surface area contributed by atoms with Crippen molar-refractivity contribution in [3.05, 3.63) is 63.2 Å². The summed E-state index contributed by atoms with van der Waals surface area (Å²) in [4.78, 5) is 28.6. The zero-order valence-electron chi connectivity index (χ0n) is 18.0. The summed E-state index contributed by atoms with van der Waals surface area (Å²) >= 11 is 6.45. The number of rotatable bonds is 7. The van der Waals surface area contributed by atoms with Gasteiger partial charge in [-0.05, 0) is 36.6 Å². The van der Waals surface area contributed by atoms with Crippen LogP contribution in [0.4, 0.5) is 17.1 Å². The van der Waals surface area contributed by atoms with Crippen LogP contribution in [0, 0.1) is 16.0 Å². The Balaban J connectivity index is 1.62. The van der Waals surface area contributed by atoms with Crippen LogP contribution in [-0.4, -0.2) is 56.8 Å². The molecule has 0 radical (unpaired) electrons. The van der Waals surface area contributed by atoms with E-state index in [1.165, 1.54) is 0 Å². The molecule has 0 aliphatic carbocycles. The smallest absolute Gasteiger partial charge is 0.269 e. The van der Waals surface area contributed by atoms with Crippen LogP contribution >= 0.6 is 11.6 Å². The van der Waals surface area contributed by atoms with Gasteiger partial charge in [-0.3, -0.25) is 14.9 Å². The molecule has 0 spiro atoms. The van der Waals surface area contributed by atoms with Gasteiger partial charge in [0.05, 0.1) is 27.6 Å². The highest BCUT2D eigenvalue weighted by atomic mass is 35.5. The number of carbonyl (C=O) groups is 1. The minimum absolute atomic E-state index is 0.0331. The first-order valence-corrected chi connectivity index (χ1v) is 11.2. The zero-order chi connectivity index (χ0) is 22.7. The van der Waals surface area contributed by atoms with E-state index in [1.54, 1.807) is 19.2 Å². The number of non-ortho nitro benzene ring substituents is 1. The Morgan fingerprint density at radius 3 is 2.81 bits per heavy atom. The van der Waals surface area contributed by atoms with E-state index in [1.807, 2.05) is 30.3 Å². The van der Waals surface area contributed by atoms with Crippen LogP contribution in [0.5, 0.6) is 0 Å². The van der Waals surface area contributed by atoms with Gasteiger partial charge in [0.15, 0.2) is 0 Å². The van der Waals surface area contributed by atoms with Gasteiger partial charge in [0.25, 0.3) is 5.69 Å². The van der Waals surface area contributed by atoms with Gasteiger partial charge in [0.2, 0.25) is 5.91 Å². The molecule has 0 saturated carbocycles. The summed E-state index contributed by atoms with van der Waals surface area (Å²) in [7, 11) is 1.63. The van der Waals surface area contributed by atoms with Gasteiger partial charge >= 0.3 is 0 Å². The molecule has 1 fully saturated rings. The van der Waals surface area contributed by atoms with E-state index in [-0.39, 0.29) is 28.5 Å². The largest absolute Gasteiger partial charge is 0.385 e. The average molecular weight is 459 g/mol. The molecule has 0 unspecified atom stereocenters. The number of hydrogen-bond donors (Lipinski definition) is 1. The summed E-state index contributed by atoms with van der Waals surface area (Å²) < 4.78 is 5.07. The molecule has 0 aromatic heterocycles. The van der Waals surface area contributed by atoms with E-state index in [0.29, 0.717) is 37.7 Å². The van der Waals surface area contributed by atoms with Crippen LogP contribution in [0.2, 0.25) is 5.02 Å². The molecule has 32 heavy (non-hydrogen) atoms. The number of nitrogens with zero attached hydrogens (tertiary/aromatic N) is 3. The van der Waals surface area contributed by atoms with E-state index >= 15 is 0 Å². The molecular formula is C23H27ClN4O4. The molecule has 0 bridgehead atoms. The second-order valence-electron chi connectivity index (χ2n) is 8.18. The standard InChI is InChI=1S/C23H27ClN4O4/c1-32-12-4-9-25-23(29)18-14-16-13-17(28(30)31)7-8-20(16)27-11-10-26(15-22(18)27)21-6-3-2-5-19(21)24/h2-3,5-8,13,18,22H,4,9-12,14-15H2,1H3,(H,25,29)/t18-,22-/m0/s1. The summed E-state index contributed by atoms with van der Waals surface area (Å²) in [5.41, 5.74) is 2.83. The van der Waals surface area contributed by atoms with E-state index in [2.05, 4.69) is 15.1 Å². The van der Waals surface area contributed by atoms with Crippen molar-refractivity contribution in [1.82, 2.24) is 5.32 Å². The minimum atomic E-state index is -0.387. The van der Waals surface area contributed by atoms with Crippen molar-refractivity contribution in [1.29, 1.82) is 0 Å². The second-order valence-corrected chi connectivity index (χ2v) is 8.58. The van der Waals surface area contributed by atoms with E-state index in [4.69, 9.17) is 16.3 Å². The molecule has 8 nitrogen and oxygen atoms in total. The predicted octanol–water partition coefficient (Wildman–Crippen LogP) is 3.27. The Morgan fingerprint density at radius 1 is 1.25 bits per heavy atom. The number of ether oxygens (including phenoxy) is 1. The van der Waals surface area contributed by atoms with Gasteiger partial charge in [0.1, 0.15) is 0 Å². The number of methoxy groups -OCH3 is 1. The Bertz CT molecular complexity index is 1000. The number of fused-ring (bicyclic) bond motifs is 3. The van der Waals surface area contributed by atoms with E-state index < -0.39 is 0 Å². The number of carbonyl (C=O) groups excluding carboxylic acids is 1. The van der Waals surface area contributed by atoms with Gasteiger partial charge in [0, 0.05) is 57.7 Å². The van der Waals surface area contributed by atoms with Crippen molar-refractivity contribution in [2.24, 2.45) is 5.92 Å². The third-order valence-corrected chi connectivity index (χ3v) is 6.58. The second kappa shape index (κ2) is 9.75. The third-order valence-electron chi connectivity index (χ3n) is 6.26. The van der Waals surface area contributed by atoms with Crippen LogP contribution in [0.25, 0.3) is 0 Å². The summed E-state index contributed by atoms with van der Waals surface area (Å²) in [6.45, 7) is 3.21. The van der Waals surface area contributed by atoms with Crippen molar-refractivity contribution in [3.63, 3.8) is 0 Å². The molecule has 2 atom stereocenters. The number of nitro benzene ring substituents is 1. The number of benzene rings is 2. The average Bonchev–Trinajstić information content (AvgIpc) is 2.80. The molecular weight excluding hydrogens is 432 g/mol. The van der Waals surface area contributed by atoms with Crippen LogP contribution < -0.4 is 15.1 Å². The molecule has 2 aromatic carbocycles. The van der Waals surface area contributed by atoms with Gasteiger partial charge < -0.3 is 19.9 Å². The minimum Gasteiger partial charge on any atom is -0.385 e. The molecule has 4 rings (SSSR count). The summed E-state index contributed by atoms with van der Waals surface area (Å²) in [5.74, 6) is -0.355. The predicted molar refractivity (Wildman–Crippen MR) is 125 cm³/mol. The number of hydrogen-bond acceptors (Lipinski definition) is 6. The molecule has 2 heterocycles. The van der Waals surface area contributed by atoms with Gasteiger partial charge in [-0.2, -0.15) is 0 Å². The third kappa shape index (κ3) is 4.52. The normalized spacial score (nSPS) is 19.8. The first kappa shape index (κ1) is 22.4. The molecule has 1 N–H and O–H groups in total. The first-order chi connectivity index (χ1) is 15.5. The molecule has 1 amide bonds. The Labute approximate surface area is 192 Å². The van der Waals surface area contributed by atoms with Gasteiger partial charge in [-0.1, -0.05) is 23.7 Å². The topological polar surface area (TPSA) is 87.9 Å². The number of anilines is 2. The highest BCUT2D eigenvalue weighted by Gasteiger charge is 2.42. The van der Waals surface area contributed by atoms with Crippen molar-refractivity contribution < 1.29 is 14.5 Å². The fourth-order valence-electron chi connectivity index (χ4n) is 4.71. The lowest BCUT2D eigenvalue weighted by molar-refractivity contribution is -0.384. The maximum atomic E-state index is 13.2. The van der Waals surface area contributed by atoms with Gasteiger partial charge in [-0.15, -0.1) is 0 Å². The lowest BCUT2D eigenvalue weighted by atomic mass is 9.83. The first-order valence-electron chi connectivity index (χ1n) is 10.8. The lowest BCUT2D eigenvalue weighted by Crippen LogP contribution is -2.61. The summed E-state index contributed by atoms with van der Waals surface area (Å²) in [6.07, 6.45) is 1.20.